The molecule has 0 radical (unpaired) electrons. The van der Waals surface area contributed by atoms with Crippen LogP contribution in [0, 0.1) is 0 Å². The number of nitrogens with zero attached hydrogens (tertiary/aromatic N) is 3. The number of fused-ring (bicyclic) bond motifs is 1. The molecule has 1 amide bonds. The van der Waals surface area contributed by atoms with Crippen molar-refractivity contribution in [2.45, 2.75) is 25.7 Å². The van der Waals surface area contributed by atoms with E-state index in [4.69, 9.17) is 9.73 Å². The molecule has 160 valence electrons. The van der Waals surface area contributed by atoms with Gasteiger partial charge in [0.05, 0.1) is 23.5 Å². The van der Waals surface area contributed by atoms with E-state index in [0.717, 1.165) is 22.2 Å². The Morgan fingerprint density at radius 2 is 1.68 bits per heavy atom. The van der Waals surface area contributed by atoms with Gasteiger partial charge in [0.25, 0.3) is 5.91 Å². The Hall–Kier alpha value is -2.71. The van der Waals surface area contributed by atoms with Gasteiger partial charge in [0, 0.05) is 18.0 Å². The number of aliphatic imine (C=N–C) groups is 1. The van der Waals surface area contributed by atoms with Crippen molar-refractivity contribution in [1.29, 1.82) is 0 Å². The average Bonchev–Trinajstić information content (AvgIpc) is 3.30. The standard InChI is InChI=1S/C23H23N3O3S2/c1-4-25-17-9-7-8-10-18(17)30-21(25)19-20(27)26(5-2)23(31-19)24-16-13-11-15(12-14-16)22(28)29-6-3/h7-14H,4-6H2,1-3H3. The van der Waals surface area contributed by atoms with Crippen molar-refractivity contribution in [3.63, 3.8) is 0 Å². The van der Waals surface area contributed by atoms with E-state index in [9.17, 15) is 9.59 Å². The maximum absolute atomic E-state index is 13.2. The number of carbonyl (C=O) groups excluding carboxylic acids is 2. The molecule has 2 aliphatic heterocycles. The molecule has 1 saturated heterocycles. The van der Waals surface area contributed by atoms with E-state index in [2.05, 4.69) is 24.0 Å². The van der Waals surface area contributed by atoms with Crippen LogP contribution in [0.4, 0.5) is 11.4 Å². The molecule has 0 aliphatic carbocycles. The van der Waals surface area contributed by atoms with Crippen LogP contribution in [0.3, 0.4) is 0 Å². The molecule has 4 rings (SSSR count). The molecule has 1 fully saturated rings. The van der Waals surface area contributed by atoms with E-state index >= 15 is 0 Å². The molecule has 2 aromatic rings. The van der Waals surface area contributed by atoms with Crippen molar-refractivity contribution in [3.05, 3.63) is 64.0 Å². The summed E-state index contributed by atoms with van der Waals surface area (Å²) in [5.74, 6) is -0.380. The van der Waals surface area contributed by atoms with E-state index in [1.54, 1.807) is 47.9 Å². The molecular weight excluding hydrogens is 430 g/mol. The van der Waals surface area contributed by atoms with Crippen molar-refractivity contribution in [2.24, 2.45) is 4.99 Å². The third-order valence-corrected chi connectivity index (χ3v) is 7.28. The summed E-state index contributed by atoms with van der Waals surface area (Å²) in [6.45, 7) is 7.46. The zero-order valence-electron chi connectivity index (χ0n) is 17.6. The molecular formula is C23H23N3O3S2. The number of ether oxygens (including phenoxy) is 1. The number of rotatable bonds is 5. The van der Waals surface area contributed by atoms with Crippen LogP contribution in [0.15, 0.2) is 68.4 Å². The van der Waals surface area contributed by atoms with E-state index < -0.39 is 0 Å². The lowest BCUT2D eigenvalue weighted by molar-refractivity contribution is -0.122. The Labute approximate surface area is 190 Å². The van der Waals surface area contributed by atoms with Gasteiger partial charge in [-0.05, 0) is 68.9 Å². The first-order chi connectivity index (χ1) is 15.1. The van der Waals surface area contributed by atoms with Gasteiger partial charge in [-0.15, -0.1) is 0 Å². The van der Waals surface area contributed by atoms with Gasteiger partial charge in [0.1, 0.15) is 9.93 Å². The highest BCUT2D eigenvalue weighted by Gasteiger charge is 2.38. The molecule has 0 N–H and O–H groups in total. The number of hydrogen-bond donors (Lipinski definition) is 0. The van der Waals surface area contributed by atoms with Gasteiger partial charge in [-0.2, -0.15) is 0 Å². The molecule has 0 saturated carbocycles. The fourth-order valence-electron chi connectivity index (χ4n) is 3.41. The van der Waals surface area contributed by atoms with Crippen molar-refractivity contribution in [2.75, 3.05) is 24.6 Å². The monoisotopic (exact) mass is 453 g/mol. The number of benzene rings is 2. The van der Waals surface area contributed by atoms with Crippen molar-refractivity contribution in [1.82, 2.24) is 4.90 Å². The summed E-state index contributed by atoms with van der Waals surface area (Å²) in [6, 6.07) is 15.1. The lowest BCUT2D eigenvalue weighted by atomic mass is 10.2. The summed E-state index contributed by atoms with van der Waals surface area (Å²) in [7, 11) is 0. The maximum atomic E-state index is 13.2. The van der Waals surface area contributed by atoms with E-state index in [0.29, 0.717) is 34.5 Å². The topological polar surface area (TPSA) is 62.2 Å². The second-order valence-electron chi connectivity index (χ2n) is 6.76. The zero-order valence-corrected chi connectivity index (χ0v) is 19.3. The minimum Gasteiger partial charge on any atom is -0.462 e. The molecule has 31 heavy (non-hydrogen) atoms. The Morgan fingerprint density at radius 1 is 0.968 bits per heavy atom. The third kappa shape index (κ3) is 4.09. The Morgan fingerprint density at radius 3 is 2.35 bits per heavy atom. The predicted octanol–water partition coefficient (Wildman–Crippen LogP) is 5.25. The number of likely N-dealkylation sites (N-methyl/N-ethyl adjacent to an activating group) is 1. The molecule has 0 unspecified atom stereocenters. The van der Waals surface area contributed by atoms with Gasteiger partial charge in [-0.25, -0.2) is 9.79 Å². The highest BCUT2D eigenvalue weighted by atomic mass is 32.2. The molecule has 0 atom stereocenters. The van der Waals surface area contributed by atoms with Crippen LogP contribution >= 0.6 is 23.5 Å². The average molecular weight is 454 g/mol. The van der Waals surface area contributed by atoms with Crippen LogP contribution in [-0.4, -0.2) is 41.6 Å². The van der Waals surface area contributed by atoms with Crippen LogP contribution in [0.5, 0.6) is 0 Å². The van der Waals surface area contributed by atoms with Gasteiger partial charge >= 0.3 is 5.97 Å². The van der Waals surface area contributed by atoms with Crippen LogP contribution in [0.1, 0.15) is 31.1 Å². The third-order valence-electron chi connectivity index (χ3n) is 4.90. The number of para-hydroxylation sites is 1. The Bertz CT molecular complexity index is 1080. The lowest BCUT2D eigenvalue weighted by Gasteiger charge is -2.19. The molecule has 0 bridgehead atoms. The van der Waals surface area contributed by atoms with Crippen LogP contribution in [0.25, 0.3) is 0 Å². The molecule has 6 nitrogen and oxygen atoms in total. The van der Waals surface area contributed by atoms with Gasteiger partial charge in [-0.3, -0.25) is 9.69 Å². The summed E-state index contributed by atoms with van der Waals surface area (Å²) < 4.78 is 5.02. The molecule has 2 aliphatic rings. The first-order valence-corrected chi connectivity index (χ1v) is 11.8. The molecule has 0 spiro atoms. The summed E-state index contributed by atoms with van der Waals surface area (Å²) >= 11 is 3.04. The van der Waals surface area contributed by atoms with Crippen LogP contribution in [-0.2, 0) is 9.53 Å². The Kier molecular flexibility index (Phi) is 6.38. The summed E-state index contributed by atoms with van der Waals surface area (Å²) in [4.78, 5) is 35.5. The molecule has 0 aromatic heterocycles. The predicted molar refractivity (Wildman–Crippen MR) is 127 cm³/mol. The molecule has 2 aromatic carbocycles. The summed E-state index contributed by atoms with van der Waals surface area (Å²) in [6.07, 6.45) is 0. The second-order valence-corrected chi connectivity index (χ2v) is 8.77. The summed E-state index contributed by atoms with van der Waals surface area (Å²) in [5.41, 5.74) is 2.30. The minimum atomic E-state index is -0.355. The van der Waals surface area contributed by atoms with E-state index in [-0.39, 0.29) is 11.9 Å². The van der Waals surface area contributed by atoms with Gasteiger partial charge in [0.2, 0.25) is 0 Å². The second kappa shape index (κ2) is 9.20. The van der Waals surface area contributed by atoms with Crippen molar-refractivity contribution in [3.8, 4) is 0 Å². The number of amides is 1. The van der Waals surface area contributed by atoms with Gasteiger partial charge in [-0.1, -0.05) is 23.9 Å². The number of anilines is 1. The smallest absolute Gasteiger partial charge is 0.338 e. The van der Waals surface area contributed by atoms with Gasteiger partial charge < -0.3 is 9.64 Å². The van der Waals surface area contributed by atoms with Crippen LogP contribution in [0.2, 0.25) is 0 Å². The first-order valence-electron chi connectivity index (χ1n) is 10.2. The Balaban J connectivity index is 1.65. The van der Waals surface area contributed by atoms with E-state index in [1.165, 1.54) is 11.8 Å². The highest BCUT2D eigenvalue weighted by molar-refractivity contribution is 8.19. The minimum absolute atomic E-state index is 0.0249. The maximum Gasteiger partial charge on any atom is 0.338 e. The quantitative estimate of drug-likeness (QED) is 0.455. The normalized spacial score (nSPS) is 19.3. The number of carbonyl (C=O) groups is 2. The largest absolute Gasteiger partial charge is 0.462 e. The number of thioether (sulfide) groups is 2. The highest BCUT2D eigenvalue weighted by Crippen LogP contribution is 2.50. The first kappa shape index (κ1) is 21.5. The van der Waals surface area contributed by atoms with E-state index in [1.807, 2.05) is 19.1 Å². The molecule has 8 heteroatoms. The summed E-state index contributed by atoms with van der Waals surface area (Å²) in [5, 5.41) is 1.60. The van der Waals surface area contributed by atoms with Gasteiger partial charge in [0.15, 0.2) is 5.17 Å². The van der Waals surface area contributed by atoms with Crippen molar-refractivity contribution < 1.29 is 14.3 Å². The number of amidine groups is 1. The zero-order chi connectivity index (χ0) is 22.0. The lowest BCUT2D eigenvalue weighted by Crippen LogP contribution is -2.29. The fraction of sp³-hybridized carbons (Fsp3) is 0.261. The van der Waals surface area contributed by atoms with Crippen molar-refractivity contribution >= 4 is 51.9 Å². The number of esters is 1. The number of hydrogen-bond acceptors (Lipinski definition) is 7. The SMILES string of the molecule is CCOC(=O)c1ccc(N=C2SC(=C3Sc4ccccc4N3CC)C(=O)N2CC)cc1. The fourth-order valence-corrected chi connectivity index (χ4v) is 5.87. The molecule has 2 heterocycles. The van der Waals surface area contributed by atoms with Crippen LogP contribution < -0.4 is 4.90 Å².